The Labute approximate surface area is 84.3 Å². The quantitative estimate of drug-likeness (QED) is 0.727. The number of aromatic nitrogens is 2. The number of nitrogens with one attached hydrogen (secondary N) is 1. The number of nitrogens with zero attached hydrogens (tertiary/aromatic N) is 2. The van der Waals surface area contributed by atoms with Gasteiger partial charge in [0, 0.05) is 18.0 Å². The predicted octanol–water partition coefficient (Wildman–Crippen LogP) is 2.89. The minimum absolute atomic E-state index is 0.948. The van der Waals surface area contributed by atoms with Gasteiger partial charge in [-0.3, -0.25) is 10.1 Å². The molecule has 0 unspecified atom stereocenters. The molecule has 0 fully saturated rings. The van der Waals surface area contributed by atoms with Gasteiger partial charge in [-0.15, -0.1) is 0 Å². The second kappa shape index (κ2) is 5.17. The second-order valence-electron chi connectivity index (χ2n) is 3.07. The molecule has 0 saturated heterocycles. The van der Waals surface area contributed by atoms with Crippen molar-refractivity contribution in [2.24, 2.45) is 4.99 Å². The van der Waals surface area contributed by atoms with E-state index in [0.29, 0.717) is 0 Å². The van der Waals surface area contributed by atoms with E-state index < -0.39 is 0 Å². The maximum atomic E-state index is 4.14. The van der Waals surface area contributed by atoms with E-state index in [1.54, 1.807) is 6.20 Å². The number of hydrogen-bond donors (Lipinski definition) is 1. The summed E-state index contributed by atoms with van der Waals surface area (Å²) in [5.74, 6) is 0. The zero-order chi connectivity index (χ0) is 10.4. The van der Waals surface area contributed by atoms with E-state index in [-0.39, 0.29) is 0 Å². The van der Waals surface area contributed by atoms with Crippen molar-refractivity contribution in [3.05, 3.63) is 29.2 Å². The van der Waals surface area contributed by atoms with E-state index >= 15 is 0 Å². The summed E-state index contributed by atoms with van der Waals surface area (Å²) in [7, 11) is 0. The molecule has 0 radical (unpaired) electrons. The molecule has 0 aliphatic carbocycles. The van der Waals surface area contributed by atoms with Crippen molar-refractivity contribution in [2.75, 3.05) is 0 Å². The highest BCUT2D eigenvalue weighted by molar-refractivity contribution is 5.63. The molecule has 3 heteroatoms. The Hall–Kier alpha value is -1.64. The van der Waals surface area contributed by atoms with E-state index in [1.807, 2.05) is 12.3 Å². The molecule has 0 spiro atoms. The van der Waals surface area contributed by atoms with Gasteiger partial charge in [0.2, 0.25) is 0 Å². The average Bonchev–Trinajstić information content (AvgIpc) is 2.62. The van der Waals surface area contributed by atoms with Crippen LogP contribution in [0.25, 0.3) is 12.2 Å². The SMILES string of the molecule is C=N/C=C\c1c[nH]nc1/C=C(\C)CC. The zero-order valence-electron chi connectivity index (χ0n) is 8.62. The van der Waals surface area contributed by atoms with Crippen molar-refractivity contribution >= 4 is 18.9 Å². The highest BCUT2D eigenvalue weighted by Crippen LogP contribution is 2.12. The summed E-state index contributed by atoms with van der Waals surface area (Å²) in [6.45, 7) is 7.60. The van der Waals surface area contributed by atoms with Gasteiger partial charge >= 0.3 is 0 Å². The Morgan fingerprint density at radius 1 is 1.71 bits per heavy atom. The van der Waals surface area contributed by atoms with Gasteiger partial charge < -0.3 is 0 Å². The molecule has 14 heavy (non-hydrogen) atoms. The average molecular weight is 189 g/mol. The Balaban J connectivity index is 2.92. The first-order valence-corrected chi connectivity index (χ1v) is 4.61. The molecule has 74 valence electrons. The Morgan fingerprint density at radius 2 is 2.50 bits per heavy atom. The van der Waals surface area contributed by atoms with Crippen LogP contribution in [0.1, 0.15) is 31.5 Å². The smallest absolute Gasteiger partial charge is 0.0920 e. The third kappa shape index (κ3) is 2.69. The van der Waals surface area contributed by atoms with Gasteiger partial charge in [0.05, 0.1) is 5.69 Å². The lowest BCUT2D eigenvalue weighted by Crippen LogP contribution is -1.79. The van der Waals surface area contributed by atoms with Gasteiger partial charge in [-0.25, -0.2) is 0 Å². The minimum atomic E-state index is 0.948. The van der Waals surface area contributed by atoms with Crippen molar-refractivity contribution in [2.45, 2.75) is 20.3 Å². The van der Waals surface area contributed by atoms with Crippen molar-refractivity contribution in [3.8, 4) is 0 Å². The lowest BCUT2D eigenvalue weighted by molar-refractivity contribution is 1.07. The standard InChI is InChI=1S/C11H15N3/c1-4-9(2)7-11-10(5-6-12-3)8-13-14-11/h5-8H,3-4H2,1-2H3,(H,13,14)/b6-5-,9-7+. The van der Waals surface area contributed by atoms with E-state index in [0.717, 1.165) is 17.7 Å². The normalized spacial score (nSPS) is 12.3. The summed E-state index contributed by atoms with van der Waals surface area (Å²) >= 11 is 0. The summed E-state index contributed by atoms with van der Waals surface area (Å²) in [4.78, 5) is 3.66. The van der Waals surface area contributed by atoms with Crippen LogP contribution >= 0.6 is 0 Å². The van der Waals surface area contributed by atoms with Gasteiger partial charge in [-0.1, -0.05) is 12.5 Å². The molecule has 0 bridgehead atoms. The molecule has 1 heterocycles. The van der Waals surface area contributed by atoms with E-state index in [4.69, 9.17) is 0 Å². The fourth-order valence-electron chi connectivity index (χ4n) is 1.03. The first-order valence-electron chi connectivity index (χ1n) is 4.61. The third-order valence-corrected chi connectivity index (χ3v) is 2.00. The third-order valence-electron chi connectivity index (χ3n) is 2.00. The molecular formula is C11H15N3. The van der Waals surface area contributed by atoms with Crippen LogP contribution in [0.2, 0.25) is 0 Å². The first kappa shape index (κ1) is 10.4. The summed E-state index contributed by atoms with van der Waals surface area (Å²) in [5.41, 5.74) is 3.28. The molecule has 0 saturated carbocycles. The predicted molar refractivity (Wildman–Crippen MR) is 61.1 cm³/mol. The number of aromatic amines is 1. The molecule has 0 aliphatic rings. The Morgan fingerprint density at radius 3 is 3.14 bits per heavy atom. The number of allylic oxidation sites excluding steroid dienone is 1. The van der Waals surface area contributed by atoms with Crippen molar-refractivity contribution in [3.63, 3.8) is 0 Å². The molecular weight excluding hydrogens is 174 g/mol. The van der Waals surface area contributed by atoms with Crippen molar-refractivity contribution in [1.29, 1.82) is 0 Å². The molecule has 0 atom stereocenters. The van der Waals surface area contributed by atoms with E-state index in [1.165, 1.54) is 5.57 Å². The Bertz CT molecular complexity index is 358. The Kier molecular flexibility index (Phi) is 3.85. The zero-order valence-corrected chi connectivity index (χ0v) is 8.62. The van der Waals surface area contributed by atoms with E-state index in [2.05, 4.69) is 41.8 Å². The molecule has 1 N–H and O–H groups in total. The summed E-state index contributed by atoms with van der Waals surface area (Å²) in [6.07, 6.45) is 8.49. The fourth-order valence-corrected chi connectivity index (χ4v) is 1.03. The molecule has 3 nitrogen and oxygen atoms in total. The highest BCUT2D eigenvalue weighted by atomic mass is 15.1. The first-order chi connectivity index (χ1) is 6.77. The van der Waals surface area contributed by atoms with Gasteiger partial charge in [0.1, 0.15) is 0 Å². The van der Waals surface area contributed by atoms with Crippen LogP contribution in [0.15, 0.2) is 23.0 Å². The largest absolute Gasteiger partial charge is 0.285 e. The number of hydrogen-bond acceptors (Lipinski definition) is 2. The van der Waals surface area contributed by atoms with Crippen molar-refractivity contribution < 1.29 is 0 Å². The summed E-state index contributed by atoms with van der Waals surface area (Å²) in [6, 6.07) is 0. The molecule has 0 amide bonds. The molecule has 0 aromatic carbocycles. The minimum Gasteiger partial charge on any atom is -0.285 e. The second-order valence-corrected chi connectivity index (χ2v) is 3.07. The summed E-state index contributed by atoms with van der Waals surface area (Å²) in [5, 5.41) is 6.97. The topological polar surface area (TPSA) is 41.0 Å². The van der Waals surface area contributed by atoms with Gasteiger partial charge in [0.25, 0.3) is 0 Å². The van der Waals surface area contributed by atoms with Crippen LogP contribution in [0.3, 0.4) is 0 Å². The molecule has 0 aliphatic heterocycles. The maximum absolute atomic E-state index is 4.14. The van der Waals surface area contributed by atoms with Gasteiger partial charge in [0.15, 0.2) is 0 Å². The van der Waals surface area contributed by atoms with Gasteiger partial charge in [-0.05, 0) is 32.2 Å². The van der Waals surface area contributed by atoms with Crippen LogP contribution in [0, 0.1) is 0 Å². The summed E-state index contributed by atoms with van der Waals surface area (Å²) < 4.78 is 0. The van der Waals surface area contributed by atoms with Crippen LogP contribution < -0.4 is 0 Å². The fraction of sp³-hybridized carbons (Fsp3) is 0.273. The van der Waals surface area contributed by atoms with Crippen LogP contribution in [0.5, 0.6) is 0 Å². The van der Waals surface area contributed by atoms with Gasteiger partial charge in [-0.2, -0.15) is 5.10 Å². The number of aliphatic imine (C=N–C) groups is 1. The molecule has 1 aromatic heterocycles. The highest BCUT2D eigenvalue weighted by Gasteiger charge is 1.98. The lowest BCUT2D eigenvalue weighted by Gasteiger charge is -1.93. The number of H-pyrrole nitrogens is 1. The van der Waals surface area contributed by atoms with Crippen LogP contribution in [-0.2, 0) is 0 Å². The lowest BCUT2D eigenvalue weighted by atomic mass is 10.1. The maximum Gasteiger partial charge on any atom is 0.0920 e. The van der Waals surface area contributed by atoms with E-state index in [9.17, 15) is 0 Å². The van der Waals surface area contributed by atoms with Crippen molar-refractivity contribution in [1.82, 2.24) is 10.2 Å². The molecule has 1 aromatic rings. The van der Waals surface area contributed by atoms with Crippen LogP contribution in [-0.4, -0.2) is 16.9 Å². The number of rotatable bonds is 4. The monoisotopic (exact) mass is 189 g/mol. The van der Waals surface area contributed by atoms with Crippen LogP contribution in [0.4, 0.5) is 0 Å². The molecule has 1 rings (SSSR count).